The van der Waals surface area contributed by atoms with E-state index >= 15 is 0 Å². The standard InChI is InChI=1S/C16H12BrClFNO/c17-11-3-4-14(19)13(8-11)15(18)10-2-1-9-5-6-20-16(21)12(9)7-10/h1-4,7-8,15H,5-6H2,(H,20,21). The molecule has 0 saturated heterocycles. The van der Waals surface area contributed by atoms with Crippen LogP contribution in [0.1, 0.15) is 32.4 Å². The second-order valence-corrected chi connectivity index (χ2v) is 6.30. The molecule has 1 aliphatic heterocycles. The summed E-state index contributed by atoms with van der Waals surface area (Å²) < 4.78 is 14.7. The van der Waals surface area contributed by atoms with Crippen LogP contribution in [0.25, 0.3) is 0 Å². The van der Waals surface area contributed by atoms with Crippen molar-refractivity contribution in [1.29, 1.82) is 0 Å². The summed E-state index contributed by atoms with van der Waals surface area (Å²) in [5.41, 5.74) is 2.73. The Kier molecular flexibility index (Phi) is 4.00. The van der Waals surface area contributed by atoms with Gasteiger partial charge in [0.05, 0.1) is 5.38 Å². The van der Waals surface area contributed by atoms with Crippen molar-refractivity contribution in [2.24, 2.45) is 0 Å². The highest BCUT2D eigenvalue weighted by Gasteiger charge is 2.21. The fourth-order valence-corrected chi connectivity index (χ4v) is 3.16. The zero-order chi connectivity index (χ0) is 15.0. The molecule has 1 unspecified atom stereocenters. The van der Waals surface area contributed by atoms with Gasteiger partial charge in [-0.2, -0.15) is 0 Å². The van der Waals surface area contributed by atoms with Gasteiger partial charge in [-0.25, -0.2) is 4.39 Å². The van der Waals surface area contributed by atoms with Crippen LogP contribution >= 0.6 is 27.5 Å². The molecular formula is C16H12BrClFNO. The van der Waals surface area contributed by atoms with E-state index in [1.165, 1.54) is 6.07 Å². The fraction of sp³-hybridized carbons (Fsp3) is 0.188. The molecule has 2 aromatic carbocycles. The van der Waals surface area contributed by atoms with E-state index in [2.05, 4.69) is 21.2 Å². The lowest BCUT2D eigenvalue weighted by atomic mass is 9.95. The van der Waals surface area contributed by atoms with Crippen LogP contribution in [-0.2, 0) is 6.42 Å². The third-order valence-electron chi connectivity index (χ3n) is 3.58. The van der Waals surface area contributed by atoms with Crippen LogP contribution in [0.2, 0.25) is 0 Å². The Balaban J connectivity index is 2.02. The van der Waals surface area contributed by atoms with Crippen molar-refractivity contribution in [2.45, 2.75) is 11.8 Å². The van der Waals surface area contributed by atoms with Gasteiger partial charge in [0.2, 0.25) is 0 Å². The van der Waals surface area contributed by atoms with E-state index < -0.39 is 5.38 Å². The predicted molar refractivity (Wildman–Crippen MR) is 84.3 cm³/mol. The van der Waals surface area contributed by atoms with Crippen molar-refractivity contribution < 1.29 is 9.18 Å². The smallest absolute Gasteiger partial charge is 0.251 e. The number of rotatable bonds is 2. The molecule has 2 aromatic rings. The number of carbonyl (C=O) groups excluding carboxylic acids is 1. The number of hydrogen-bond donors (Lipinski definition) is 1. The Bertz CT molecular complexity index is 719. The summed E-state index contributed by atoms with van der Waals surface area (Å²) in [6.45, 7) is 0.649. The number of halogens is 3. The van der Waals surface area contributed by atoms with Crippen LogP contribution in [0.4, 0.5) is 4.39 Å². The van der Waals surface area contributed by atoms with E-state index in [9.17, 15) is 9.18 Å². The molecule has 21 heavy (non-hydrogen) atoms. The van der Waals surface area contributed by atoms with Gasteiger partial charge in [0.1, 0.15) is 5.82 Å². The first-order chi connectivity index (χ1) is 10.1. The molecule has 0 aliphatic carbocycles. The van der Waals surface area contributed by atoms with Crippen molar-refractivity contribution in [3.8, 4) is 0 Å². The van der Waals surface area contributed by atoms with Gasteiger partial charge in [0.15, 0.2) is 0 Å². The van der Waals surface area contributed by atoms with Gasteiger partial charge < -0.3 is 5.32 Å². The minimum absolute atomic E-state index is 0.100. The SMILES string of the molecule is O=C1NCCc2ccc(C(Cl)c3cc(Br)ccc3F)cc21. The molecule has 108 valence electrons. The summed E-state index contributed by atoms with van der Waals surface area (Å²) in [5, 5.41) is 2.16. The minimum atomic E-state index is -0.637. The topological polar surface area (TPSA) is 29.1 Å². The number of amides is 1. The van der Waals surface area contributed by atoms with E-state index in [-0.39, 0.29) is 11.7 Å². The van der Waals surface area contributed by atoms with Gasteiger partial charge in [-0.05, 0) is 41.8 Å². The van der Waals surface area contributed by atoms with Gasteiger partial charge >= 0.3 is 0 Å². The van der Waals surface area contributed by atoms with Crippen LogP contribution in [0, 0.1) is 5.82 Å². The highest BCUT2D eigenvalue weighted by molar-refractivity contribution is 9.10. The van der Waals surface area contributed by atoms with Crippen LogP contribution in [0.3, 0.4) is 0 Å². The maximum Gasteiger partial charge on any atom is 0.251 e. The van der Waals surface area contributed by atoms with Crippen molar-refractivity contribution in [3.05, 3.63) is 68.9 Å². The molecule has 1 N–H and O–H groups in total. The van der Waals surface area contributed by atoms with Crippen molar-refractivity contribution >= 4 is 33.4 Å². The van der Waals surface area contributed by atoms with Gasteiger partial charge in [0.25, 0.3) is 5.91 Å². The molecule has 1 heterocycles. The monoisotopic (exact) mass is 367 g/mol. The van der Waals surface area contributed by atoms with Gasteiger partial charge in [0, 0.05) is 22.1 Å². The molecule has 0 aromatic heterocycles. The quantitative estimate of drug-likeness (QED) is 0.791. The number of benzene rings is 2. The number of nitrogens with one attached hydrogen (secondary N) is 1. The van der Waals surface area contributed by atoms with Crippen molar-refractivity contribution in [1.82, 2.24) is 5.32 Å². The molecular weight excluding hydrogens is 357 g/mol. The van der Waals surface area contributed by atoms with E-state index in [4.69, 9.17) is 11.6 Å². The Morgan fingerprint density at radius 1 is 1.24 bits per heavy atom. The number of hydrogen-bond acceptors (Lipinski definition) is 1. The molecule has 1 amide bonds. The maximum absolute atomic E-state index is 13.9. The summed E-state index contributed by atoms with van der Waals surface area (Å²) in [7, 11) is 0. The molecule has 1 aliphatic rings. The molecule has 0 fully saturated rings. The highest BCUT2D eigenvalue weighted by atomic mass is 79.9. The molecule has 0 saturated carbocycles. The van der Waals surface area contributed by atoms with Crippen molar-refractivity contribution in [2.75, 3.05) is 6.54 Å². The van der Waals surface area contributed by atoms with Crippen LogP contribution in [0.5, 0.6) is 0 Å². The Hall–Kier alpha value is -1.39. The molecule has 0 spiro atoms. The fourth-order valence-electron chi connectivity index (χ4n) is 2.48. The third kappa shape index (κ3) is 2.83. The second-order valence-electron chi connectivity index (χ2n) is 4.95. The first kappa shape index (κ1) is 14.5. The van der Waals surface area contributed by atoms with E-state index in [0.717, 1.165) is 16.5 Å². The molecule has 2 nitrogen and oxygen atoms in total. The molecule has 1 atom stereocenters. The zero-order valence-electron chi connectivity index (χ0n) is 11.0. The zero-order valence-corrected chi connectivity index (χ0v) is 13.3. The number of alkyl halides is 1. The summed E-state index contributed by atoms with van der Waals surface area (Å²) in [5.74, 6) is -0.461. The average molecular weight is 369 g/mol. The largest absolute Gasteiger partial charge is 0.352 e. The third-order valence-corrected chi connectivity index (χ3v) is 4.56. The molecule has 3 rings (SSSR count). The number of fused-ring (bicyclic) bond motifs is 1. The molecule has 0 radical (unpaired) electrons. The highest BCUT2D eigenvalue weighted by Crippen LogP contribution is 2.33. The van der Waals surface area contributed by atoms with Crippen LogP contribution < -0.4 is 5.32 Å². The van der Waals surface area contributed by atoms with Crippen LogP contribution in [-0.4, -0.2) is 12.5 Å². The maximum atomic E-state index is 13.9. The Morgan fingerprint density at radius 2 is 2.05 bits per heavy atom. The Morgan fingerprint density at radius 3 is 2.86 bits per heavy atom. The summed E-state index contributed by atoms with van der Waals surface area (Å²) in [6.07, 6.45) is 0.805. The van der Waals surface area contributed by atoms with Crippen LogP contribution in [0.15, 0.2) is 40.9 Å². The van der Waals surface area contributed by atoms with Gasteiger partial charge in [-0.1, -0.05) is 28.1 Å². The lowest BCUT2D eigenvalue weighted by Crippen LogP contribution is -2.31. The van der Waals surface area contributed by atoms with Crippen molar-refractivity contribution in [3.63, 3.8) is 0 Å². The van der Waals surface area contributed by atoms with E-state index in [1.807, 2.05) is 12.1 Å². The first-order valence-electron chi connectivity index (χ1n) is 6.56. The predicted octanol–water partition coefficient (Wildman–Crippen LogP) is 4.20. The minimum Gasteiger partial charge on any atom is -0.352 e. The van der Waals surface area contributed by atoms with E-state index in [0.29, 0.717) is 23.2 Å². The Labute approximate surface area is 135 Å². The lowest BCUT2D eigenvalue weighted by Gasteiger charge is -2.19. The molecule has 5 heteroatoms. The lowest BCUT2D eigenvalue weighted by molar-refractivity contribution is 0.0946. The summed E-state index contributed by atoms with van der Waals surface area (Å²) in [6, 6.07) is 10.2. The van der Waals surface area contributed by atoms with Gasteiger partial charge in [-0.3, -0.25) is 4.79 Å². The second kappa shape index (κ2) is 5.78. The normalized spacial score (nSPS) is 15.3. The first-order valence-corrected chi connectivity index (χ1v) is 7.79. The summed E-state index contributed by atoms with van der Waals surface area (Å²) >= 11 is 9.72. The number of carbonyl (C=O) groups is 1. The van der Waals surface area contributed by atoms with Gasteiger partial charge in [-0.15, -0.1) is 11.6 Å². The average Bonchev–Trinajstić information content (AvgIpc) is 2.49. The van der Waals surface area contributed by atoms with E-state index in [1.54, 1.807) is 18.2 Å². The summed E-state index contributed by atoms with van der Waals surface area (Å²) in [4.78, 5) is 11.9. The molecule has 0 bridgehead atoms.